The van der Waals surface area contributed by atoms with E-state index in [0.29, 0.717) is 16.9 Å². The Morgan fingerprint density at radius 3 is 2.71 bits per heavy atom. The second kappa shape index (κ2) is 4.61. The maximum absolute atomic E-state index is 12.6. The van der Waals surface area contributed by atoms with E-state index in [1.54, 1.807) is 6.92 Å². The number of halogens is 3. The van der Waals surface area contributed by atoms with Crippen LogP contribution in [0, 0.1) is 6.92 Å². The van der Waals surface area contributed by atoms with Gasteiger partial charge in [0.1, 0.15) is 5.82 Å². The van der Waals surface area contributed by atoms with E-state index in [9.17, 15) is 8.78 Å². The van der Waals surface area contributed by atoms with Gasteiger partial charge < -0.3 is 4.57 Å². The van der Waals surface area contributed by atoms with Crippen LogP contribution in [0.1, 0.15) is 23.7 Å². The summed E-state index contributed by atoms with van der Waals surface area (Å²) in [6.07, 6.45) is -2.41. The minimum Gasteiger partial charge on any atom is -0.321 e. The molecule has 0 saturated heterocycles. The normalized spacial score (nSPS) is 13.5. The second-order valence-corrected chi connectivity index (χ2v) is 4.73. The van der Waals surface area contributed by atoms with Crippen molar-refractivity contribution in [3.8, 4) is 0 Å². The molecule has 2 aromatic rings. The third kappa shape index (κ3) is 2.41. The molecule has 5 heteroatoms. The molecule has 0 fully saturated rings. The molecule has 0 radical (unpaired) electrons. The molecule has 0 N–H and O–H groups in total. The Kier molecular flexibility index (Phi) is 3.33. The van der Waals surface area contributed by atoms with Crippen molar-refractivity contribution in [3.63, 3.8) is 0 Å². The summed E-state index contributed by atoms with van der Waals surface area (Å²) in [5, 5.41) is -0.388. The molecule has 1 unspecified atom stereocenters. The molecule has 0 aliphatic rings. The number of fused-ring (bicyclic) bond motifs is 1. The van der Waals surface area contributed by atoms with Crippen LogP contribution in [0.3, 0.4) is 0 Å². The third-order valence-electron chi connectivity index (χ3n) is 2.61. The van der Waals surface area contributed by atoms with Crippen LogP contribution in [-0.4, -0.2) is 16.0 Å². The lowest BCUT2D eigenvalue weighted by Crippen LogP contribution is -2.10. The van der Waals surface area contributed by atoms with Gasteiger partial charge >= 0.3 is 0 Å². The van der Waals surface area contributed by atoms with Crippen molar-refractivity contribution < 1.29 is 8.78 Å². The molecule has 2 nitrogen and oxygen atoms in total. The minimum absolute atomic E-state index is 0.369. The van der Waals surface area contributed by atoms with E-state index in [0.717, 1.165) is 5.56 Å². The van der Waals surface area contributed by atoms with Gasteiger partial charge in [0, 0.05) is 0 Å². The van der Waals surface area contributed by atoms with Gasteiger partial charge in [0.2, 0.25) is 0 Å². The fourth-order valence-corrected chi connectivity index (χ4v) is 2.06. The van der Waals surface area contributed by atoms with Gasteiger partial charge in [0.15, 0.2) is 0 Å². The summed E-state index contributed by atoms with van der Waals surface area (Å²) in [7, 11) is 0. The molecular weight excluding hydrogens is 246 g/mol. The van der Waals surface area contributed by atoms with Gasteiger partial charge in [-0.25, -0.2) is 13.8 Å². The first-order chi connectivity index (χ1) is 7.99. The van der Waals surface area contributed by atoms with Crippen LogP contribution >= 0.6 is 11.6 Å². The number of alkyl halides is 3. The first-order valence-corrected chi connectivity index (χ1v) is 5.81. The Hall–Kier alpha value is -1.16. The molecular formula is C12H13ClF2N2. The number of aryl methyl sites for hydroxylation is 1. The molecule has 0 spiro atoms. The highest BCUT2D eigenvalue weighted by atomic mass is 35.5. The molecule has 0 amide bonds. The quantitative estimate of drug-likeness (QED) is 0.764. The lowest BCUT2D eigenvalue weighted by molar-refractivity contribution is 0.127. The van der Waals surface area contributed by atoms with Crippen LogP contribution in [-0.2, 0) is 6.54 Å². The zero-order valence-electron chi connectivity index (χ0n) is 9.62. The first-order valence-electron chi connectivity index (χ1n) is 5.38. The lowest BCUT2D eigenvalue weighted by atomic mass is 10.2. The van der Waals surface area contributed by atoms with Gasteiger partial charge in [-0.1, -0.05) is 6.07 Å². The smallest absolute Gasteiger partial charge is 0.256 e. The van der Waals surface area contributed by atoms with Gasteiger partial charge in [0.05, 0.1) is 23.0 Å². The van der Waals surface area contributed by atoms with Crippen molar-refractivity contribution >= 4 is 22.6 Å². The zero-order chi connectivity index (χ0) is 12.6. The highest BCUT2D eigenvalue weighted by molar-refractivity contribution is 6.20. The predicted octanol–water partition coefficient (Wildman–Crippen LogP) is 3.91. The number of hydrogen-bond donors (Lipinski definition) is 0. The van der Waals surface area contributed by atoms with Crippen LogP contribution in [0.4, 0.5) is 8.78 Å². The first kappa shape index (κ1) is 12.3. The summed E-state index contributed by atoms with van der Waals surface area (Å²) in [4.78, 5) is 4.32. The largest absolute Gasteiger partial charge is 0.321 e. The van der Waals surface area contributed by atoms with Gasteiger partial charge in [-0.15, -0.1) is 11.6 Å². The van der Waals surface area contributed by atoms with E-state index in [2.05, 4.69) is 4.98 Å². The van der Waals surface area contributed by atoms with E-state index >= 15 is 0 Å². The van der Waals surface area contributed by atoms with Crippen LogP contribution < -0.4 is 0 Å². The Bertz CT molecular complexity index is 535. The molecule has 1 heterocycles. The van der Waals surface area contributed by atoms with Gasteiger partial charge in [-0.2, -0.15) is 0 Å². The van der Waals surface area contributed by atoms with Crippen LogP contribution in [0.5, 0.6) is 0 Å². The maximum Gasteiger partial charge on any atom is 0.256 e. The molecule has 2 rings (SSSR count). The van der Waals surface area contributed by atoms with Crippen molar-refractivity contribution in [3.05, 3.63) is 29.6 Å². The Balaban J connectivity index is 2.62. The molecule has 1 atom stereocenters. The topological polar surface area (TPSA) is 17.8 Å². The summed E-state index contributed by atoms with van der Waals surface area (Å²) in [5.74, 6) is 0.493. The molecule has 0 aliphatic heterocycles. The second-order valence-electron chi connectivity index (χ2n) is 4.08. The van der Waals surface area contributed by atoms with Gasteiger partial charge in [-0.05, 0) is 31.5 Å². The molecule has 1 aromatic carbocycles. The molecule has 17 heavy (non-hydrogen) atoms. The van der Waals surface area contributed by atoms with Crippen molar-refractivity contribution in [2.45, 2.75) is 32.2 Å². The molecule has 0 aliphatic carbocycles. The molecule has 92 valence electrons. The van der Waals surface area contributed by atoms with E-state index in [1.807, 2.05) is 25.1 Å². The van der Waals surface area contributed by atoms with Crippen LogP contribution in [0.2, 0.25) is 0 Å². The fourth-order valence-electron chi connectivity index (χ4n) is 1.89. The summed E-state index contributed by atoms with van der Waals surface area (Å²) in [5.41, 5.74) is 2.47. The highest BCUT2D eigenvalue weighted by Gasteiger charge is 2.17. The summed E-state index contributed by atoms with van der Waals surface area (Å²) in [6, 6.07) is 5.57. The van der Waals surface area contributed by atoms with E-state index < -0.39 is 6.43 Å². The number of rotatable bonds is 3. The van der Waals surface area contributed by atoms with Crippen molar-refractivity contribution in [1.29, 1.82) is 0 Å². The van der Waals surface area contributed by atoms with Crippen molar-refractivity contribution in [2.24, 2.45) is 0 Å². The number of hydrogen-bond acceptors (Lipinski definition) is 1. The number of benzene rings is 1. The van der Waals surface area contributed by atoms with E-state index in [1.165, 1.54) is 4.57 Å². The lowest BCUT2D eigenvalue weighted by Gasteiger charge is -2.09. The van der Waals surface area contributed by atoms with Crippen LogP contribution in [0.15, 0.2) is 18.2 Å². The average molecular weight is 259 g/mol. The van der Waals surface area contributed by atoms with E-state index in [4.69, 9.17) is 11.6 Å². The summed E-state index contributed by atoms with van der Waals surface area (Å²) in [6.45, 7) is 3.30. The maximum atomic E-state index is 12.6. The van der Waals surface area contributed by atoms with Gasteiger partial charge in [-0.3, -0.25) is 0 Å². The summed E-state index contributed by atoms with van der Waals surface area (Å²) >= 11 is 5.97. The Morgan fingerprint density at radius 1 is 1.41 bits per heavy atom. The van der Waals surface area contributed by atoms with Crippen LogP contribution in [0.25, 0.3) is 11.0 Å². The van der Waals surface area contributed by atoms with E-state index in [-0.39, 0.29) is 11.9 Å². The number of aromatic nitrogens is 2. The Morgan fingerprint density at radius 2 is 2.12 bits per heavy atom. The highest BCUT2D eigenvalue weighted by Crippen LogP contribution is 2.25. The molecule has 0 saturated carbocycles. The number of nitrogens with zero attached hydrogens (tertiary/aromatic N) is 2. The van der Waals surface area contributed by atoms with Crippen molar-refractivity contribution in [2.75, 3.05) is 0 Å². The van der Waals surface area contributed by atoms with Gasteiger partial charge in [0.25, 0.3) is 6.43 Å². The standard InChI is InChI=1S/C12H13ClF2N2/c1-7-3-4-10-9(5-7)16-12(8(2)13)17(10)6-11(14)15/h3-5,8,11H,6H2,1-2H3. The predicted molar refractivity (Wildman–Crippen MR) is 64.7 cm³/mol. The van der Waals surface area contributed by atoms with Crippen molar-refractivity contribution in [1.82, 2.24) is 9.55 Å². The Labute approximate surface area is 103 Å². The number of imidazole rings is 1. The SMILES string of the molecule is Cc1ccc2c(c1)nc(C(C)Cl)n2CC(F)F. The molecule has 0 bridgehead atoms. The third-order valence-corrected chi connectivity index (χ3v) is 2.80. The average Bonchev–Trinajstić information content (AvgIpc) is 2.55. The molecule has 1 aromatic heterocycles. The zero-order valence-corrected chi connectivity index (χ0v) is 10.4. The summed E-state index contributed by atoms with van der Waals surface area (Å²) < 4.78 is 26.6. The minimum atomic E-state index is -2.41. The fraction of sp³-hybridized carbons (Fsp3) is 0.417. The monoisotopic (exact) mass is 258 g/mol.